The molecular weight excluding hydrogens is 201 g/mol. The van der Waals surface area contributed by atoms with Crippen molar-refractivity contribution in [3.05, 3.63) is 23.8 Å². The number of rotatable bonds is 1. The second-order valence-electron chi connectivity index (χ2n) is 1.93. The summed E-state index contributed by atoms with van der Waals surface area (Å²) in [4.78, 5) is 7.69. The standard InChI is InChI=1S/C7H9N2.Y/c1-3-7-4-8-5-9-6(7)2;/h4H,3H2,1-2H3;/q-1;. The molecule has 0 fully saturated rings. The summed E-state index contributed by atoms with van der Waals surface area (Å²) >= 11 is 0. The molecule has 51 valence electrons. The molecule has 0 aromatic carbocycles. The van der Waals surface area contributed by atoms with Gasteiger partial charge in [-0.15, -0.1) is 5.56 Å². The molecule has 0 amide bonds. The van der Waals surface area contributed by atoms with Crippen molar-refractivity contribution in [3.63, 3.8) is 0 Å². The minimum atomic E-state index is 0. The fourth-order valence-corrected chi connectivity index (χ4v) is 0.723. The number of aromatic nitrogens is 2. The van der Waals surface area contributed by atoms with E-state index >= 15 is 0 Å². The van der Waals surface area contributed by atoms with Gasteiger partial charge in [-0.3, -0.25) is 0 Å². The zero-order valence-corrected chi connectivity index (χ0v) is 9.09. The molecule has 1 heterocycles. The Morgan fingerprint density at radius 1 is 1.60 bits per heavy atom. The molecule has 10 heavy (non-hydrogen) atoms. The van der Waals surface area contributed by atoms with Gasteiger partial charge in [0.05, 0.1) is 0 Å². The molecule has 2 nitrogen and oxygen atoms in total. The summed E-state index contributed by atoms with van der Waals surface area (Å²) in [5.41, 5.74) is 2.24. The van der Waals surface area contributed by atoms with Crippen molar-refractivity contribution >= 4 is 0 Å². The molecule has 0 aliphatic heterocycles. The van der Waals surface area contributed by atoms with Crippen LogP contribution in [-0.2, 0) is 39.1 Å². The minimum Gasteiger partial charge on any atom is -0.374 e. The van der Waals surface area contributed by atoms with Crippen molar-refractivity contribution in [2.45, 2.75) is 20.3 Å². The van der Waals surface area contributed by atoms with Crippen LogP contribution in [0, 0.1) is 13.3 Å². The fraction of sp³-hybridized carbons (Fsp3) is 0.429. The predicted octanol–water partition coefficient (Wildman–Crippen LogP) is 1.15. The van der Waals surface area contributed by atoms with E-state index in [0.717, 1.165) is 12.1 Å². The van der Waals surface area contributed by atoms with E-state index < -0.39 is 0 Å². The Morgan fingerprint density at radius 2 is 2.30 bits per heavy atom. The van der Waals surface area contributed by atoms with E-state index in [1.54, 1.807) is 0 Å². The SMILES string of the molecule is CCc1cn[c-]nc1C.[Y]. The van der Waals surface area contributed by atoms with Gasteiger partial charge in [0.2, 0.25) is 0 Å². The molecule has 0 unspecified atom stereocenters. The van der Waals surface area contributed by atoms with Gasteiger partial charge in [-0.05, 0) is 0 Å². The van der Waals surface area contributed by atoms with E-state index in [9.17, 15) is 0 Å². The van der Waals surface area contributed by atoms with Crippen molar-refractivity contribution in [1.29, 1.82) is 0 Å². The third kappa shape index (κ3) is 2.43. The van der Waals surface area contributed by atoms with Crippen molar-refractivity contribution in [2.24, 2.45) is 0 Å². The van der Waals surface area contributed by atoms with Gasteiger partial charge in [0.25, 0.3) is 0 Å². The van der Waals surface area contributed by atoms with Crippen LogP contribution in [0.4, 0.5) is 0 Å². The third-order valence-electron chi connectivity index (χ3n) is 1.34. The van der Waals surface area contributed by atoms with Gasteiger partial charge < -0.3 is 9.97 Å². The summed E-state index contributed by atoms with van der Waals surface area (Å²) in [6.45, 7) is 4.06. The first kappa shape index (κ1) is 10.2. The van der Waals surface area contributed by atoms with Crippen molar-refractivity contribution < 1.29 is 32.7 Å². The molecule has 1 radical (unpaired) electrons. The molecular formula is C7H9N2Y-. The van der Waals surface area contributed by atoms with E-state index in [-0.39, 0.29) is 32.7 Å². The van der Waals surface area contributed by atoms with E-state index in [2.05, 4.69) is 23.2 Å². The zero-order valence-electron chi connectivity index (χ0n) is 6.26. The fourth-order valence-electron chi connectivity index (χ4n) is 0.723. The first-order chi connectivity index (χ1) is 4.34. The second kappa shape index (κ2) is 4.92. The van der Waals surface area contributed by atoms with Gasteiger partial charge in [0, 0.05) is 39.0 Å². The smallest absolute Gasteiger partial charge is 0.0216 e. The maximum atomic E-state index is 3.91. The maximum absolute atomic E-state index is 3.91. The molecule has 0 bridgehead atoms. The molecule has 0 spiro atoms. The maximum Gasteiger partial charge on any atom is 0.0216 e. The minimum absolute atomic E-state index is 0. The van der Waals surface area contributed by atoms with E-state index in [1.165, 1.54) is 5.56 Å². The average molecular weight is 210 g/mol. The number of hydrogen-bond acceptors (Lipinski definition) is 2. The second-order valence-corrected chi connectivity index (χ2v) is 1.93. The van der Waals surface area contributed by atoms with Crippen molar-refractivity contribution in [3.8, 4) is 0 Å². The Labute approximate surface area is 86.3 Å². The average Bonchev–Trinajstić information content (AvgIpc) is 1.89. The molecule has 0 saturated heterocycles. The first-order valence-corrected chi connectivity index (χ1v) is 3.03. The van der Waals surface area contributed by atoms with E-state index in [0.29, 0.717) is 0 Å². The molecule has 0 N–H and O–H groups in total. The van der Waals surface area contributed by atoms with E-state index in [4.69, 9.17) is 0 Å². The summed E-state index contributed by atoms with van der Waals surface area (Å²) in [5.74, 6) is 0. The first-order valence-electron chi connectivity index (χ1n) is 3.03. The monoisotopic (exact) mass is 210 g/mol. The van der Waals surface area contributed by atoms with Gasteiger partial charge in [-0.25, -0.2) is 0 Å². The van der Waals surface area contributed by atoms with Gasteiger partial charge in [0.15, 0.2) is 0 Å². The Balaban J connectivity index is 0.000000810. The summed E-state index contributed by atoms with van der Waals surface area (Å²) in [6.07, 6.45) is 5.34. The van der Waals surface area contributed by atoms with E-state index in [1.807, 2.05) is 13.1 Å². The molecule has 0 saturated carbocycles. The van der Waals surface area contributed by atoms with Gasteiger partial charge >= 0.3 is 0 Å². The molecule has 1 aromatic heterocycles. The Morgan fingerprint density at radius 3 is 2.70 bits per heavy atom. The Bertz CT molecular complexity index is 201. The third-order valence-corrected chi connectivity index (χ3v) is 1.34. The van der Waals surface area contributed by atoms with Crippen LogP contribution in [0.5, 0.6) is 0 Å². The van der Waals surface area contributed by atoms with Gasteiger partial charge in [-0.2, -0.15) is 0 Å². The van der Waals surface area contributed by atoms with Crippen LogP contribution in [0.25, 0.3) is 0 Å². The number of aryl methyl sites for hydroxylation is 2. The van der Waals surface area contributed by atoms with Crippen LogP contribution >= 0.6 is 0 Å². The molecule has 0 aliphatic carbocycles. The molecule has 0 atom stereocenters. The quantitative estimate of drug-likeness (QED) is 0.649. The van der Waals surface area contributed by atoms with Gasteiger partial charge in [-0.1, -0.05) is 32.2 Å². The summed E-state index contributed by atoms with van der Waals surface area (Å²) in [6, 6.07) is 0. The summed E-state index contributed by atoms with van der Waals surface area (Å²) in [5, 5.41) is 0. The zero-order chi connectivity index (χ0) is 6.69. The normalized spacial score (nSPS) is 8.60. The molecule has 0 aliphatic rings. The van der Waals surface area contributed by atoms with Crippen LogP contribution in [0.2, 0.25) is 0 Å². The largest absolute Gasteiger partial charge is 0.374 e. The summed E-state index contributed by atoms with van der Waals surface area (Å²) < 4.78 is 0. The van der Waals surface area contributed by atoms with Crippen LogP contribution in [0.3, 0.4) is 0 Å². The topological polar surface area (TPSA) is 25.8 Å². The van der Waals surface area contributed by atoms with Crippen LogP contribution in [0.15, 0.2) is 6.20 Å². The Hall–Kier alpha value is 0.184. The predicted molar refractivity (Wildman–Crippen MR) is 35.0 cm³/mol. The van der Waals surface area contributed by atoms with Crippen LogP contribution < -0.4 is 0 Å². The van der Waals surface area contributed by atoms with Crippen molar-refractivity contribution in [1.82, 2.24) is 9.97 Å². The molecule has 1 aromatic rings. The van der Waals surface area contributed by atoms with Gasteiger partial charge in [0.1, 0.15) is 0 Å². The van der Waals surface area contributed by atoms with Crippen molar-refractivity contribution in [2.75, 3.05) is 0 Å². The number of hydrogen-bond donors (Lipinski definition) is 0. The molecule has 1 rings (SSSR count). The van der Waals surface area contributed by atoms with Crippen LogP contribution in [-0.4, -0.2) is 9.97 Å². The summed E-state index contributed by atoms with van der Waals surface area (Å²) in [7, 11) is 0. The molecule has 3 heteroatoms. The van der Waals surface area contributed by atoms with Crippen LogP contribution in [0.1, 0.15) is 18.2 Å². The Kier molecular flexibility index (Phi) is 5.01. The number of nitrogens with zero attached hydrogens (tertiary/aromatic N) is 2.